The van der Waals surface area contributed by atoms with Crippen molar-refractivity contribution in [3.63, 3.8) is 0 Å². The van der Waals surface area contributed by atoms with E-state index >= 15 is 0 Å². The molecule has 106 valence electrons. The topological polar surface area (TPSA) is 32.3 Å². The Hall–Kier alpha value is -1.64. The van der Waals surface area contributed by atoms with E-state index in [1.165, 1.54) is 16.7 Å². The van der Waals surface area contributed by atoms with Crippen LogP contribution in [0.3, 0.4) is 0 Å². The lowest BCUT2D eigenvalue weighted by Gasteiger charge is -2.30. The maximum absolute atomic E-state index is 9.81. The highest BCUT2D eigenvalue weighted by Crippen LogP contribution is 2.23. The molecule has 20 heavy (non-hydrogen) atoms. The van der Waals surface area contributed by atoms with E-state index in [0.29, 0.717) is 0 Å². The summed E-state index contributed by atoms with van der Waals surface area (Å²) in [6.07, 6.45) is 0. The number of hydrogen-bond donors (Lipinski definition) is 2. The van der Waals surface area contributed by atoms with Crippen LogP contribution < -0.4 is 5.32 Å². The van der Waals surface area contributed by atoms with Crippen LogP contribution >= 0.6 is 0 Å². The molecule has 2 heteroatoms. The third kappa shape index (κ3) is 3.27. The first-order valence-electron chi connectivity index (χ1n) is 7.03. The quantitative estimate of drug-likeness (QED) is 0.873. The molecule has 0 aliphatic heterocycles. The summed E-state index contributed by atoms with van der Waals surface area (Å²) >= 11 is 0. The molecule has 1 atom stereocenters. The standard InChI is InChI=1S/C18H23NO/c1-14-9-10-17(11-15(14)2)18(3,13-20)19-12-16-7-5-4-6-8-16/h4-11,19-20H,12-13H2,1-3H3. The maximum Gasteiger partial charge on any atom is 0.0652 e. The average Bonchev–Trinajstić information content (AvgIpc) is 2.48. The summed E-state index contributed by atoms with van der Waals surface area (Å²) in [5.41, 5.74) is 4.45. The summed E-state index contributed by atoms with van der Waals surface area (Å²) in [4.78, 5) is 0. The zero-order valence-corrected chi connectivity index (χ0v) is 12.5. The number of aryl methyl sites for hydroxylation is 2. The molecule has 2 N–H and O–H groups in total. The van der Waals surface area contributed by atoms with Crippen LogP contribution in [0, 0.1) is 13.8 Å². The molecular weight excluding hydrogens is 246 g/mol. The van der Waals surface area contributed by atoms with E-state index in [0.717, 1.165) is 12.1 Å². The fourth-order valence-corrected chi connectivity index (χ4v) is 2.23. The normalized spacial score (nSPS) is 14.0. The smallest absolute Gasteiger partial charge is 0.0652 e. The summed E-state index contributed by atoms with van der Waals surface area (Å²) in [7, 11) is 0. The molecule has 0 aliphatic carbocycles. The molecule has 2 nitrogen and oxygen atoms in total. The predicted octanol–water partition coefficient (Wildman–Crippen LogP) is 3.30. The Morgan fingerprint density at radius 1 is 1.00 bits per heavy atom. The lowest BCUT2D eigenvalue weighted by Crippen LogP contribution is -2.42. The van der Waals surface area contributed by atoms with Gasteiger partial charge >= 0.3 is 0 Å². The number of hydrogen-bond acceptors (Lipinski definition) is 2. The average molecular weight is 269 g/mol. The predicted molar refractivity (Wildman–Crippen MR) is 83.6 cm³/mol. The van der Waals surface area contributed by atoms with Crippen LogP contribution in [-0.2, 0) is 12.1 Å². The van der Waals surface area contributed by atoms with Crippen molar-refractivity contribution >= 4 is 0 Å². The molecule has 0 aliphatic rings. The van der Waals surface area contributed by atoms with Gasteiger partial charge in [-0.15, -0.1) is 0 Å². The fourth-order valence-electron chi connectivity index (χ4n) is 2.23. The van der Waals surface area contributed by atoms with Crippen molar-refractivity contribution in [1.82, 2.24) is 5.32 Å². The van der Waals surface area contributed by atoms with Crippen LogP contribution in [0.5, 0.6) is 0 Å². The van der Waals surface area contributed by atoms with Crippen molar-refractivity contribution in [2.75, 3.05) is 6.61 Å². The molecule has 2 rings (SSSR count). The van der Waals surface area contributed by atoms with Crippen molar-refractivity contribution in [1.29, 1.82) is 0 Å². The number of aliphatic hydroxyl groups excluding tert-OH is 1. The van der Waals surface area contributed by atoms with Gasteiger partial charge in [-0.25, -0.2) is 0 Å². The summed E-state index contributed by atoms with van der Waals surface area (Å²) in [5.74, 6) is 0. The first-order chi connectivity index (χ1) is 9.55. The summed E-state index contributed by atoms with van der Waals surface area (Å²) in [5, 5.41) is 13.3. The summed E-state index contributed by atoms with van der Waals surface area (Å²) in [6.45, 7) is 7.06. The second kappa shape index (κ2) is 6.21. The molecule has 2 aromatic carbocycles. The highest BCUT2D eigenvalue weighted by molar-refractivity contribution is 5.34. The van der Waals surface area contributed by atoms with Crippen molar-refractivity contribution in [2.45, 2.75) is 32.9 Å². The van der Waals surface area contributed by atoms with Crippen LogP contribution in [0.4, 0.5) is 0 Å². The second-order valence-corrected chi connectivity index (χ2v) is 5.63. The molecule has 0 aromatic heterocycles. The van der Waals surface area contributed by atoms with E-state index in [1.54, 1.807) is 0 Å². The molecule has 0 heterocycles. The molecule has 1 unspecified atom stereocenters. The Bertz CT molecular complexity index is 565. The molecule has 0 bridgehead atoms. The van der Waals surface area contributed by atoms with Gasteiger partial charge in [0.05, 0.1) is 12.1 Å². The Kier molecular flexibility index (Phi) is 4.58. The molecule has 0 saturated heterocycles. The monoisotopic (exact) mass is 269 g/mol. The van der Waals surface area contributed by atoms with Crippen LogP contribution in [0.15, 0.2) is 48.5 Å². The van der Waals surface area contributed by atoms with Crippen molar-refractivity contribution in [3.05, 3.63) is 70.8 Å². The van der Waals surface area contributed by atoms with E-state index in [9.17, 15) is 5.11 Å². The number of aliphatic hydroxyl groups is 1. The zero-order chi connectivity index (χ0) is 14.6. The van der Waals surface area contributed by atoms with Crippen molar-refractivity contribution < 1.29 is 5.11 Å². The minimum atomic E-state index is -0.422. The van der Waals surface area contributed by atoms with Gasteiger partial charge < -0.3 is 10.4 Å². The summed E-state index contributed by atoms with van der Waals surface area (Å²) < 4.78 is 0. The van der Waals surface area contributed by atoms with Gasteiger partial charge in [0.15, 0.2) is 0 Å². The van der Waals surface area contributed by atoms with Crippen LogP contribution in [0.1, 0.15) is 29.2 Å². The second-order valence-electron chi connectivity index (χ2n) is 5.63. The lowest BCUT2D eigenvalue weighted by molar-refractivity contribution is 0.173. The first kappa shape index (κ1) is 14.8. The van der Waals surface area contributed by atoms with Gasteiger partial charge in [0.2, 0.25) is 0 Å². The molecule has 0 saturated carbocycles. The maximum atomic E-state index is 9.81. The van der Waals surface area contributed by atoms with Gasteiger partial charge in [-0.3, -0.25) is 0 Å². The van der Waals surface area contributed by atoms with Gasteiger partial charge in [0.1, 0.15) is 0 Å². The molecule has 0 fully saturated rings. The molecule has 0 radical (unpaired) electrons. The van der Waals surface area contributed by atoms with Crippen molar-refractivity contribution in [3.8, 4) is 0 Å². The number of nitrogens with one attached hydrogen (secondary N) is 1. The molecule has 0 amide bonds. The summed E-state index contributed by atoms with van der Waals surface area (Å²) in [6, 6.07) is 16.6. The fraction of sp³-hybridized carbons (Fsp3) is 0.333. The SMILES string of the molecule is Cc1ccc(C(C)(CO)NCc2ccccc2)cc1C. The Labute approximate surface area is 121 Å². The Morgan fingerprint density at radius 3 is 2.30 bits per heavy atom. The van der Waals surface area contributed by atoms with E-state index in [1.807, 2.05) is 25.1 Å². The van der Waals surface area contributed by atoms with Crippen LogP contribution in [-0.4, -0.2) is 11.7 Å². The van der Waals surface area contributed by atoms with Crippen LogP contribution in [0.25, 0.3) is 0 Å². The highest BCUT2D eigenvalue weighted by Gasteiger charge is 2.25. The first-order valence-corrected chi connectivity index (χ1v) is 7.03. The largest absolute Gasteiger partial charge is 0.394 e. The third-order valence-electron chi connectivity index (χ3n) is 3.99. The van der Waals surface area contributed by atoms with Crippen LogP contribution in [0.2, 0.25) is 0 Å². The van der Waals surface area contributed by atoms with E-state index in [4.69, 9.17) is 0 Å². The van der Waals surface area contributed by atoms with E-state index < -0.39 is 5.54 Å². The Balaban J connectivity index is 2.18. The van der Waals surface area contributed by atoms with Gasteiger partial charge in [0, 0.05) is 6.54 Å². The van der Waals surface area contributed by atoms with Gasteiger partial charge in [-0.05, 0) is 43.0 Å². The van der Waals surface area contributed by atoms with E-state index in [2.05, 4.69) is 49.5 Å². The highest BCUT2D eigenvalue weighted by atomic mass is 16.3. The van der Waals surface area contributed by atoms with Gasteiger partial charge in [0.25, 0.3) is 0 Å². The number of rotatable bonds is 5. The van der Waals surface area contributed by atoms with E-state index in [-0.39, 0.29) is 6.61 Å². The van der Waals surface area contributed by atoms with Gasteiger partial charge in [-0.2, -0.15) is 0 Å². The number of benzene rings is 2. The minimum Gasteiger partial charge on any atom is -0.394 e. The third-order valence-corrected chi connectivity index (χ3v) is 3.99. The molecular formula is C18H23NO. The molecule has 2 aromatic rings. The minimum absolute atomic E-state index is 0.0718. The Morgan fingerprint density at radius 2 is 1.70 bits per heavy atom. The van der Waals surface area contributed by atoms with Crippen molar-refractivity contribution in [2.24, 2.45) is 0 Å². The van der Waals surface area contributed by atoms with Gasteiger partial charge in [-0.1, -0.05) is 48.5 Å². The lowest BCUT2D eigenvalue weighted by atomic mass is 9.90. The molecule has 0 spiro atoms. The zero-order valence-electron chi connectivity index (χ0n) is 12.5.